The van der Waals surface area contributed by atoms with Gasteiger partial charge in [0.2, 0.25) is 5.95 Å². The molecule has 0 spiro atoms. The highest BCUT2D eigenvalue weighted by Gasteiger charge is 2.18. The minimum Gasteiger partial charge on any atom is -0.278 e. The Hall–Kier alpha value is -5.84. The lowest BCUT2D eigenvalue weighted by atomic mass is 10.0. The van der Waals surface area contributed by atoms with E-state index >= 15 is 0 Å². The zero-order chi connectivity index (χ0) is 30.2. The second-order valence-electron chi connectivity index (χ2n) is 11.8. The van der Waals surface area contributed by atoms with Crippen molar-refractivity contribution in [2.24, 2.45) is 0 Å². The summed E-state index contributed by atoms with van der Waals surface area (Å²) in [6, 6.07) is 54.3. The van der Waals surface area contributed by atoms with Crippen LogP contribution in [0.4, 0.5) is 0 Å². The maximum Gasteiger partial charge on any atom is 0.235 e. The molecule has 3 heterocycles. The van der Waals surface area contributed by atoms with Gasteiger partial charge in [0.1, 0.15) is 0 Å². The van der Waals surface area contributed by atoms with Gasteiger partial charge in [-0.05, 0) is 64.4 Å². The van der Waals surface area contributed by atoms with Crippen LogP contribution in [0, 0.1) is 0 Å². The summed E-state index contributed by atoms with van der Waals surface area (Å²) in [5.74, 6) is 0.674. The molecule has 4 heteroatoms. The third-order valence-corrected chi connectivity index (χ3v) is 10.3. The van der Waals surface area contributed by atoms with Crippen LogP contribution >= 0.6 is 11.3 Å². The molecule has 0 saturated heterocycles. The largest absolute Gasteiger partial charge is 0.278 e. The van der Waals surface area contributed by atoms with E-state index in [1.54, 1.807) is 0 Å². The molecule has 0 aliphatic carbocycles. The Morgan fingerprint density at radius 2 is 1.09 bits per heavy atom. The Kier molecular flexibility index (Phi) is 5.45. The summed E-state index contributed by atoms with van der Waals surface area (Å²) in [5, 5.41) is 8.47. The van der Waals surface area contributed by atoms with Crippen molar-refractivity contribution in [3.63, 3.8) is 0 Å². The van der Waals surface area contributed by atoms with Crippen LogP contribution in [0.5, 0.6) is 0 Å². The monoisotopic (exact) mass is 603 g/mol. The van der Waals surface area contributed by atoms with Crippen LogP contribution in [-0.4, -0.2) is 14.5 Å². The maximum atomic E-state index is 5.31. The van der Waals surface area contributed by atoms with Crippen molar-refractivity contribution in [1.82, 2.24) is 14.5 Å². The Labute approximate surface area is 268 Å². The first-order valence-corrected chi connectivity index (χ1v) is 16.3. The third kappa shape index (κ3) is 3.84. The van der Waals surface area contributed by atoms with Gasteiger partial charge in [-0.1, -0.05) is 109 Å². The van der Waals surface area contributed by atoms with E-state index in [0.29, 0.717) is 5.95 Å². The summed E-state index contributed by atoms with van der Waals surface area (Å²) in [7, 11) is 0. The van der Waals surface area contributed by atoms with E-state index in [1.807, 2.05) is 11.3 Å². The standard InChI is InChI=1S/C42H25N3S/c1-2-10-27-23-30(18-17-26(27)9-1)41-34-13-3-6-14-36(34)43-42(44-41)45-37-15-7-4-11-31(37)35-24-28(20-22-38(35)45)29-19-21-33-32-12-5-8-16-39(32)46-40(33)25-29/h1-25H. The molecule has 0 bridgehead atoms. The van der Waals surface area contributed by atoms with Crippen molar-refractivity contribution in [3.05, 3.63) is 152 Å². The lowest BCUT2D eigenvalue weighted by Crippen LogP contribution is -2.03. The molecule has 214 valence electrons. The van der Waals surface area contributed by atoms with Crippen LogP contribution in [-0.2, 0) is 0 Å². The zero-order valence-electron chi connectivity index (χ0n) is 24.7. The second-order valence-corrected chi connectivity index (χ2v) is 12.9. The van der Waals surface area contributed by atoms with Gasteiger partial charge in [-0.3, -0.25) is 4.57 Å². The SMILES string of the molecule is c1ccc2cc(-c3nc(-n4c5ccccc5c5cc(-c6ccc7c(c6)sc6ccccc67)ccc54)nc4ccccc34)ccc2c1. The van der Waals surface area contributed by atoms with Crippen molar-refractivity contribution in [2.45, 2.75) is 0 Å². The smallest absolute Gasteiger partial charge is 0.235 e. The highest BCUT2D eigenvalue weighted by Crippen LogP contribution is 2.39. The first-order valence-electron chi connectivity index (χ1n) is 15.5. The van der Waals surface area contributed by atoms with E-state index in [-0.39, 0.29) is 0 Å². The average molecular weight is 604 g/mol. The normalized spacial score (nSPS) is 11.9. The molecule has 0 amide bonds. The number of rotatable bonds is 3. The number of thiophene rings is 1. The Bertz CT molecular complexity index is 2820. The summed E-state index contributed by atoms with van der Waals surface area (Å²) in [6.07, 6.45) is 0. The van der Waals surface area contributed by atoms with Gasteiger partial charge in [0.05, 0.1) is 22.2 Å². The molecule has 0 aliphatic rings. The van der Waals surface area contributed by atoms with Gasteiger partial charge in [0.15, 0.2) is 0 Å². The van der Waals surface area contributed by atoms with Gasteiger partial charge in [-0.2, -0.15) is 0 Å². The lowest BCUT2D eigenvalue weighted by Gasteiger charge is -2.12. The van der Waals surface area contributed by atoms with E-state index < -0.39 is 0 Å². The summed E-state index contributed by atoms with van der Waals surface area (Å²) in [6.45, 7) is 0. The molecule has 0 N–H and O–H groups in total. The van der Waals surface area contributed by atoms with Gasteiger partial charge < -0.3 is 0 Å². The molecule has 3 nitrogen and oxygen atoms in total. The van der Waals surface area contributed by atoms with Gasteiger partial charge in [-0.25, -0.2) is 9.97 Å². The second kappa shape index (κ2) is 9.83. The van der Waals surface area contributed by atoms with Crippen molar-refractivity contribution >= 4 is 75.0 Å². The minimum atomic E-state index is 0.674. The number of fused-ring (bicyclic) bond motifs is 8. The molecule has 0 fully saturated rings. The van der Waals surface area contributed by atoms with Crippen LogP contribution < -0.4 is 0 Å². The van der Waals surface area contributed by atoms with Crippen LogP contribution in [0.15, 0.2) is 152 Å². The van der Waals surface area contributed by atoms with Gasteiger partial charge >= 0.3 is 0 Å². The fourth-order valence-corrected chi connectivity index (χ4v) is 8.14. The van der Waals surface area contributed by atoms with Crippen molar-refractivity contribution < 1.29 is 0 Å². The summed E-state index contributed by atoms with van der Waals surface area (Å²) < 4.78 is 4.86. The molecule has 10 aromatic rings. The molecule has 0 atom stereocenters. The number of nitrogens with zero attached hydrogens (tertiary/aromatic N) is 3. The molecule has 0 aliphatic heterocycles. The van der Waals surface area contributed by atoms with Gasteiger partial charge in [0.25, 0.3) is 0 Å². The van der Waals surface area contributed by atoms with E-state index in [1.165, 1.54) is 52.8 Å². The highest BCUT2D eigenvalue weighted by atomic mass is 32.1. The van der Waals surface area contributed by atoms with Crippen LogP contribution in [0.1, 0.15) is 0 Å². The predicted octanol–water partition coefficient (Wildman–Crippen LogP) is 11.6. The topological polar surface area (TPSA) is 30.7 Å². The van der Waals surface area contributed by atoms with E-state index in [0.717, 1.165) is 33.2 Å². The molecule has 3 aromatic heterocycles. The van der Waals surface area contributed by atoms with Crippen LogP contribution in [0.25, 0.3) is 92.0 Å². The fraction of sp³-hybridized carbons (Fsp3) is 0. The molecule has 0 saturated carbocycles. The highest BCUT2D eigenvalue weighted by molar-refractivity contribution is 7.25. The van der Waals surface area contributed by atoms with Gasteiger partial charge in [0, 0.05) is 41.9 Å². The number of hydrogen-bond acceptors (Lipinski definition) is 3. The average Bonchev–Trinajstić information content (AvgIpc) is 3.66. The predicted molar refractivity (Wildman–Crippen MR) is 195 cm³/mol. The van der Waals surface area contributed by atoms with E-state index in [9.17, 15) is 0 Å². The maximum absolute atomic E-state index is 5.31. The van der Waals surface area contributed by atoms with Gasteiger partial charge in [-0.15, -0.1) is 11.3 Å². The Morgan fingerprint density at radius 3 is 2.02 bits per heavy atom. The number of hydrogen-bond donors (Lipinski definition) is 0. The molecular weight excluding hydrogens is 579 g/mol. The number of benzene rings is 7. The molecule has 10 rings (SSSR count). The molecule has 7 aromatic carbocycles. The molecular formula is C42H25N3S. The van der Waals surface area contributed by atoms with E-state index in [2.05, 4.69) is 156 Å². The third-order valence-electron chi connectivity index (χ3n) is 9.20. The van der Waals surface area contributed by atoms with Crippen molar-refractivity contribution in [1.29, 1.82) is 0 Å². The Morgan fingerprint density at radius 1 is 0.413 bits per heavy atom. The van der Waals surface area contributed by atoms with Crippen LogP contribution in [0.3, 0.4) is 0 Å². The van der Waals surface area contributed by atoms with Crippen molar-refractivity contribution in [2.75, 3.05) is 0 Å². The first-order chi connectivity index (χ1) is 22.8. The molecule has 46 heavy (non-hydrogen) atoms. The first kappa shape index (κ1) is 25.5. The summed E-state index contributed by atoms with van der Waals surface area (Å²) >= 11 is 1.86. The zero-order valence-corrected chi connectivity index (χ0v) is 25.5. The fourth-order valence-electron chi connectivity index (χ4n) is 6.99. The minimum absolute atomic E-state index is 0.674. The quantitative estimate of drug-likeness (QED) is 0.201. The van der Waals surface area contributed by atoms with Crippen LogP contribution in [0.2, 0.25) is 0 Å². The number of para-hydroxylation sites is 2. The molecule has 0 unspecified atom stereocenters. The summed E-state index contributed by atoms with van der Waals surface area (Å²) in [5.41, 5.74) is 7.55. The molecule has 0 radical (unpaired) electrons. The number of aromatic nitrogens is 3. The Balaban J connectivity index is 1.19. The van der Waals surface area contributed by atoms with Crippen molar-refractivity contribution in [3.8, 4) is 28.3 Å². The summed E-state index contributed by atoms with van der Waals surface area (Å²) in [4.78, 5) is 10.5. The lowest BCUT2D eigenvalue weighted by molar-refractivity contribution is 1.01. The van der Waals surface area contributed by atoms with E-state index in [4.69, 9.17) is 9.97 Å².